The van der Waals surface area contributed by atoms with Crippen molar-refractivity contribution in [1.29, 1.82) is 0 Å². The molecule has 6 heteroatoms. The van der Waals surface area contributed by atoms with Crippen molar-refractivity contribution >= 4 is 11.8 Å². The molecule has 2 aliphatic heterocycles. The largest absolute Gasteiger partial charge is 0.353 e. The molecule has 1 N–H and O–H groups in total. The summed E-state index contributed by atoms with van der Waals surface area (Å²) >= 11 is 0. The first-order chi connectivity index (χ1) is 13.6. The van der Waals surface area contributed by atoms with Gasteiger partial charge in [0.05, 0.1) is 12.5 Å². The Balaban J connectivity index is 1.33. The molecule has 1 saturated carbocycles. The average molecular weight is 385 g/mol. The zero-order chi connectivity index (χ0) is 19.5. The Morgan fingerprint density at radius 3 is 2.46 bits per heavy atom. The van der Waals surface area contributed by atoms with E-state index in [0.717, 1.165) is 38.6 Å². The van der Waals surface area contributed by atoms with Crippen molar-refractivity contribution in [2.45, 2.75) is 38.8 Å². The van der Waals surface area contributed by atoms with Gasteiger partial charge in [0.15, 0.2) is 0 Å². The van der Waals surface area contributed by atoms with Gasteiger partial charge < -0.3 is 10.2 Å². The number of carbonyl (C=O) groups is 2. The van der Waals surface area contributed by atoms with Crippen LogP contribution in [0.1, 0.15) is 30.4 Å². The molecule has 1 aliphatic carbocycles. The zero-order valence-electron chi connectivity index (χ0n) is 16.9. The second-order valence-electron chi connectivity index (χ2n) is 8.59. The molecule has 2 heterocycles. The molecule has 0 spiro atoms. The van der Waals surface area contributed by atoms with Crippen LogP contribution in [0.4, 0.5) is 0 Å². The van der Waals surface area contributed by atoms with Crippen LogP contribution in [0.2, 0.25) is 0 Å². The number of nitrogens with one attached hydrogen (secondary N) is 1. The van der Waals surface area contributed by atoms with E-state index in [2.05, 4.69) is 46.3 Å². The highest BCUT2D eigenvalue weighted by Crippen LogP contribution is 2.30. The van der Waals surface area contributed by atoms with Gasteiger partial charge in [0.25, 0.3) is 0 Å². The summed E-state index contributed by atoms with van der Waals surface area (Å²) < 4.78 is 0. The maximum atomic E-state index is 12.9. The normalized spacial score (nSPS) is 24.2. The molecule has 0 radical (unpaired) electrons. The third kappa shape index (κ3) is 4.92. The molecule has 0 bridgehead atoms. The Kier molecular flexibility index (Phi) is 5.97. The Labute approximate surface area is 167 Å². The second-order valence-corrected chi connectivity index (χ2v) is 8.59. The van der Waals surface area contributed by atoms with Gasteiger partial charge in [-0.15, -0.1) is 0 Å². The van der Waals surface area contributed by atoms with Gasteiger partial charge in [-0.05, 0) is 31.2 Å². The Hall–Kier alpha value is -1.92. The number of benzene rings is 1. The number of piperazine rings is 2. The van der Waals surface area contributed by atoms with Crippen molar-refractivity contribution in [2.75, 3.05) is 45.8 Å². The lowest BCUT2D eigenvalue weighted by Crippen LogP contribution is -2.57. The lowest BCUT2D eigenvalue weighted by molar-refractivity contribution is -0.140. The smallest absolute Gasteiger partial charge is 0.237 e. The minimum absolute atomic E-state index is 0.0147. The van der Waals surface area contributed by atoms with E-state index in [9.17, 15) is 9.59 Å². The summed E-state index contributed by atoms with van der Waals surface area (Å²) in [4.78, 5) is 32.0. The molecule has 2 amide bonds. The number of rotatable bonds is 6. The predicted octanol–water partition coefficient (Wildman–Crippen LogP) is 1.24. The molecular formula is C22H32N4O2. The van der Waals surface area contributed by atoms with Crippen molar-refractivity contribution in [2.24, 2.45) is 5.92 Å². The summed E-state index contributed by atoms with van der Waals surface area (Å²) in [7, 11) is 0. The number of carbonyl (C=O) groups excluding carboxylic acids is 2. The molecule has 0 unspecified atom stereocenters. The van der Waals surface area contributed by atoms with E-state index < -0.39 is 0 Å². The summed E-state index contributed by atoms with van der Waals surface area (Å²) in [6.45, 7) is 8.91. The predicted molar refractivity (Wildman–Crippen MR) is 109 cm³/mol. The highest BCUT2D eigenvalue weighted by molar-refractivity contribution is 5.88. The standard InChI is InChI=1S/C22H32N4O2/c1-17-2-4-19(5-3-17)16-26-9-8-23-22(28)20(26)14-21(27)25-12-10-24(11-13-25)15-18-6-7-18/h2-5,18,20H,6-16H2,1H3,(H,23,28)/t20-/m1/s1. The third-order valence-electron chi connectivity index (χ3n) is 6.25. The van der Waals surface area contributed by atoms with E-state index in [1.807, 2.05) is 4.90 Å². The van der Waals surface area contributed by atoms with Crippen LogP contribution in [0, 0.1) is 12.8 Å². The average Bonchev–Trinajstić information content (AvgIpc) is 3.51. The summed E-state index contributed by atoms with van der Waals surface area (Å²) in [5, 5.41) is 2.94. The van der Waals surface area contributed by atoms with Gasteiger partial charge in [-0.1, -0.05) is 29.8 Å². The van der Waals surface area contributed by atoms with Gasteiger partial charge in [0.1, 0.15) is 0 Å². The number of nitrogens with zero attached hydrogens (tertiary/aromatic N) is 3. The van der Waals surface area contributed by atoms with Crippen molar-refractivity contribution in [3.63, 3.8) is 0 Å². The fourth-order valence-electron chi connectivity index (χ4n) is 4.24. The molecule has 0 aromatic heterocycles. The zero-order valence-corrected chi connectivity index (χ0v) is 16.9. The molecule has 1 aromatic rings. The minimum Gasteiger partial charge on any atom is -0.353 e. The molecular weight excluding hydrogens is 352 g/mol. The molecule has 4 rings (SSSR count). The molecule has 28 heavy (non-hydrogen) atoms. The van der Waals surface area contributed by atoms with Gasteiger partial charge in [0.2, 0.25) is 11.8 Å². The molecule has 1 aromatic carbocycles. The first kappa shape index (κ1) is 19.4. The fourth-order valence-corrected chi connectivity index (χ4v) is 4.24. The van der Waals surface area contributed by atoms with Gasteiger partial charge in [-0.25, -0.2) is 0 Å². The summed E-state index contributed by atoms with van der Waals surface area (Å²) in [6.07, 6.45) is 3.01. The first-order valence-corrected chi connectivity index (χ1v) is 10.7. The summed E-state index contributed by atoms with van der Waals surface area (Å²) in [6, 6.07) is 8.05. The van der Waals surface area contributed by atoms with Gasteiger partial charge >= 0.3 is 0 Å². The van der Waals surface area contributed by atoms with Crippen LogP contribution in [0.25, 0.3) is 0 Å². The quantitative estimate of drug-likeness (QED) is 0.802. The molecule has 6 nitrogen and oxygen atoms in total. The maximum absolute atomic E-state index is 12.9. The van der Waals surface area contributed by atoms with E-state index >= 15 is 0 Å². The monoisotopic (exact) mass is 384 g/mol. The van der Waals surface area contributed by atoms with E-state index in [0.29, 0.717) is 13.1 Å². The molecule has 2 saturated heterocycles. The highest BCUT2D eigenvalue weighted by Gasteiger charge is 2.34. The van der Waals surface area contributed by atoms with Crippen LogP contribution in [0.5, 0.6) is 0 Å². The maximum Gasteiger partial charge on any atom is 0.237 e. The first-order valence-electron chi connectivity index (χ1n) is 10.7. The van der Waals surface area contributed by atoms with Crippen LogP contribution in [0.15, 0.2) is 24.3 Å². The van der Waals surface area contributed by atoms with Crippen LogP contribution in [-0.4, -0.2) is 78.4 Å². The van der Waals surface area contributed by atoms with Gasteiger partial charge in [0, 0.05) is 52.4 Å². The van der Waals surface area contributed by atoms with E-state index in [1.165, 1.54) is 30.5 Å². The molecule has 1 atom stereocenters. The second kappa shape index (κ2) is 8.62. The molecule has 3 fully saturated rings. The summed E-state index contributed by atoms with van der Waals surface area (Å²) in [5.74, 6) is 0.990. The van der Waals surface area contributed by atoms with Crippen LogP contribution < -0.4 is 5.32 Å². The number of hydrogen-bond acceptors (Lipinski definition) is 4. The van der Waals surface area contributed by atoms with Crippen LogP contribution in [-0.2, 0) is 16.1 Å². The minimum atomic E-state index is -0.368. The number of amides is 2. The Morgan fingerprint density at radius 2 is 1.79 bits per heavy atom. The van der Waals surface area contributed by atoms with Crippen molar-refractivity contribution in [3.8, 4) is 0 Å². The molecule has 3 aliphatic rings. The third-order valence-corrected chi connectivity index (χ3v) is 6.25. The van der Waals surface area contributed by atoms with E-state index in [-0.39, 0.29) is 24.3 Å². The molecule has 152 valence electrons. The summed E-state index contributed by atoms with van der Waals surface area (Å²) in [5.41, 5.74) is 2.42. The van der Waals surface area contributed by atoms with Crippen LogP contribution >= 0.6 is 0 Å². The van der Waals surface area contributed by atoms with Crippen molar-refractivity contribution in [3.05, 3.63) is 35.4 Å². The fraction of sp³-hybridized carbons (Fsp3) is 0.636. The SMILES string of the molecule is Cc1ccc(CN2CCNC(=O)[C@H]2CC(=O)N2CCN(CC3CC3)CC2)cc1. The van der Waals surface area contributed by atoms with Gasteiger partial charge in [-0.3, -0.25) is 19.4 Å². The lowest BCUT2D eigenvalue weighted by Gasteiger charge is -2.38. The van der Waals surface area contributed by atoms with Crippen molar-refractivity contribution in [1.82, 2.24) is 20.0 Å². The van der Waals surface area contributed by atoms with E-state index in [4.69, 9.17) is 0 Å². The number of aryl methyl sites for hydroxylation is 1. The Bertz CT molecular complexity index is 693. The lowest BCUT2D eigenvalue weighted by atomic mass is 10.1. The van der Waals surface area contributed by atoms with Gasteiger partial charge in [-0.2, -0.15) is 0 Å². The van der Waals surface area contributed by atoms with Crippen molar-refractivity contribution < 1.29 is 9.59 Å². The highest BCUT2D eigenvalue weighted by atomic mass is 16.2. The van der Waals surface area contributed by atoms with E-state index in [1.54, 1.807) is 0 Å². The number of hydrogen-bond donors (Lipinski definition) is 1. The van der Waals surface area contributed by atoms with Crippen LogP contribution in [0.3, 0.4) is 0 Å². The topological polar surface area (TPSA) is 55.9 Å². The Morgan fingerprint density at radius 1 is 1.07 bits per heavy atom.